The van der Waals surface area contributed by atoms with Gasteiger partial charge in [0.15, 0.2) is 0 Å². The standard InChI is InChI=1S/C14H20N2O2/c1-18-13-10-11(15)6-7-12(13)14(17)16-8-4-2-3-5-9-16/h6-7,10H,2-5,8-9,15H2,1H3. The molecule has 0 aliphatic carbocycles. The topological polar surface area (TPSA) is 55.6 Å². The van der Waals surface area contributed by atoms with Crippen molar-refractivity contribution in [3.05, 3.63) is 23.8 Å². The third-order valence-electron chi connectivity index (χ3n) is 3.35. The van der Waals surface area contributed by atoms with Crippen LogP contribution in [0.5, 0.6) is 5.75 Å². The quantitative estimate of drug-likeness (QED) is 0.817. The van der Waals surface area contributed by atoms with E-state index in [-0.39, 0.29) is 5.91 Å². The molecule has 18 heavy (non-hydrogen) atoms. The van der Waals surface area contributed by atoms with Crippen LogP contribution >= 0.6 is 0 Å². The molecule has 0 aromatic heterocycles. The molecule has 0 saturated carbocycles. The predicted molar refractivity (Wildman–Crippen MR) is 71.8 cm³/mol. The normalized spacial score (nSPS) is 16.2. The number of methoxy groups -OCH3 is 1. The molecule has 0 spiro atoms. The molecule has 0 atom stereocenters. The Labute approximate surface area is 108 Å². The van der Waals surface area contributed by atoms with Gasteiger partial charge in [0.25, 0.3) is 5.91 Å². The van der Waals surface area contributed by atoms with E-state index < -0.39 is 0 Å². The molecule has 0 unspecified atom stereocenters. The maximum Gasteiger partial charge on any atom is 0.257 e. The van der Waals surface area contributed by atoms with Gasteiger partial charge in [-0.05, 0) is 25.0 Å². The number of carbonyl (C=O) groups excluding carboxylic acids is 1. The summed E-state index contributed by atoms with van der Waals surface area (Å²) < 4.78 is 5.24. The molecule has 2 rings (SSSR count). The van der Waals surface area contributed by atoms with E-state index in [4.69, 9.17) is 10.5 Å². The molecule has 1 aromatic rings. The van der Waals surface area contributed by atoms with Gasteiger partial charge in [-0.1, -0.05) is 12.8 Å². The number of ether oxygens (including phenoxy) is 1. The molecule has 1 aliphatic heterocycles. The first-order chi connectivity index (χ1) is 8.72. The van der Waals surface area contributed by atoms with E-state index in [2.05, 4.69) is 0 Å². The monoisotopic (exact) mass is 248 g/mol. The highest BCUT2D eigenvalue weighted by molar-refractivity contribution is 5.97. The van der Waals surface area contributed by atoms with Gasteiger partial charge in [0.05, 0.1) is 12.7 Å². The first kappa shape index (κ1) is 12.7. The summed E-state index contributed by atoms with van der Waals surface area (Å²) in [4.78, 5) is 14.4. The van der Waals surface area contributed by atoms with E-state index in [1.54, 1.807) is 25.3 Å². The first-order valence-electron chi connectivity index (χ1n) is 6.45. The number of carbonyl (C=O) groups is 1. The van der Waals surface area contributed by atoms with E-state index in [1.165, 1.54) is 12.8 Å². The SMILES string of the molecule is COc1cc(N)ccc1C(=O)N1CCCCCC1. The number of rotatable bonds is 2. The summed E-state index contributed by atoms with van der Waals surface area (Å²) >= 11 is 0. The zero-order chi connectivity index (χ0) is 13.0. The largest absolute Gasteiger partial charge is 0.496 e. The summed E-state index contributed by atoms with van der Waals surface area (Å²) in [6.07, 6.45) is 4.59. The second-order valence-corrected chi connectivity index (χ2v) is 4.67. The number of amides is 1. The van der Waals surface area contributed by atoms with E-state index in [0.29, 0.717) is 17.0 Å². The maximum absolute atomic E-state index is 12.4. The Morgan fingerprint density at radius 1 is 1.22 bits per heavy atom. The lowest BCUT2D eigenvalue weighted by molar-refractivity contribution is 0.0758. The van der Waals surface area contributed by atoms with Gasteiger partial charge in [-0.2, -0.15) is 0 Å². The fourth-order valence-corrected chi connectivity index (χ4v) is 2.33. The average molecular weight is 248 g/mol. The lowest BCUT2D eigenvalue weighted by Crippen LogP contribution is -2.32. The zero-order valence-corrected chi connectivity index (χ0v) is 10.8. The minimum absolute atomic E-state index is 0.0498. The summed E-state index contributed by atoms with van der Waals surface area (Å²) in [5.41, 5.74) is 6.92. The molecule has 0 radical (unpaired) electrons. The molecule has 1 saturated heterocycles. The number of benzene rings is 1. The highest BCUT2D eigenvalue weighted by Gasteiger charge is 2.20. The molecular formula is C14H20N2O2. The van der Waals surface area contributed by atoms with Gasteiger partial charge < -0.3 is 15.4 Å². The van der Waals surface area contributed by atoms with Crippen LogP contribution in [0.4, 0.5) is 5.69 Å². The summed E-state index contributed by atoms with van der Waals surface area (Å²) in [5, 5.41) is 0. The van der Waals surface area contributed by atoms with Crippen LogP contribution in [0.25, 0.3) is 0 Å². The van der Waals surface area contributed by atoms with Crippen molar-refractivity contribution in [2.75, 3.05) is 25.9 Å². The fraction of sp³-hybridized carbons (Fsp3) is 0.500. The zero-order valence-electron chi connectivity index (χ0n) is 10.8. The molecule has 1 aromatic carbocycles. The third kappa shape index (κ3) is 2.75. The van der Waals surface area contributed by atoms with Gasteiger partial charge in [0.2, 0.25) is 0 Å². The Balaban J connectivity index is 2.21. The van der Waals surface area contributed by atoms with Crippen LogP contribution in [0.1, 0.15) is 36.0 Å². The second kappa shape index (κ2) is 5.76. The van der Waals surface area contributed by atoms with E-state index in [9.17, 15) is 4.79 Å². The highest BCUT2D eigenvalue weighted by Crippen LogP contribution is 2.24. The summed E-state index contributed by atoms with van der Waals surface area (Å²) in [6.45, 7) is 1.68. The molecule has 1 amide bonds. The lowest BCUT2D eigenvalue weighted by Gasteiger charge is -2.21. The summed E-state index contributed by atoms with van der Waals surface area (Å²) in [5.74, 6) is 0.609. The van der Waals surface area contributed by atoms with Crippen LogP contribution in [0, 0.1) is 0 Å². The fourth-order valence-electron chi connectivity index (χ4n) is 2.33. The second-order valence-electron chi connectivity index (χ2n) is 4.67. The smallest absolute Gasteiger partial charge is 0.257 e. The van der Waals surface area contributed by atoms with E-state index >= 15 is 0 Å². The number of nitrogens with zero attached hydrogens (tertiary/aromatic N) is 1. The Hall–Kier alpha value is -1.71. The lowest BCUT2D eigenvalue weighted by atomic mass is 10.1. The molecule has 1 aliphatic rings. The molecule has 1 fully saturated rings. The van der Waals surface area contributed by atoms with Crippen molar-refractivity contribution >= 4 is 11.6 Å². The first-order valence-corrected chi connectivity index (χ1v) is 6.45. The molecular weight excluding hydrogens is 228 g/mol. The van der Waals surface area contributed by atoms with Gasteiger partial charge in [-0.3, -0.25) is 4.79 Å². The minimum atomic E-state index is 0.0498. The Kier molecular flexibility index (Phi) is 4.07. The van der Waals surface area contributed by atoms with Crippen LogP contribution in [-0.2, 0) is 0 Å². The van der Waals surface area contributed by atoms with Crippen LogP contribution in [-0.4, -0.2) is 31.0 Å². The van der Waals surface area contributed by atoms with Gasteiger partial charge in [0, 0.05) is 24.8 Å². The van der Waals surface area contributed by atoms with E-state index in [0.717, 1.165) is 25.9 Å². The van der Waals surface area contributed by atoms with Gasteiger partial charge in [0.1, 0.15) is 5.75 Å². The molecule has 4 heteroatoms. The van der Waals surface area contributed by atoms with Crippen LogP contribution in [0.2, 0.25) is 0 Å². The van der Waals surface area contributed by atoms with Crippen molar-refractivity contribution in [3.63, 3.8) is 0 Å². The number of anilines is 1. The number of hydrogen-bond acceptors (Lipinski definition) is 3. The van der Waals surface area contributed by atoms with Gasteiger partial charge in [-0.15, -0.1) is 0 Å². The number of nitrogens with two attached hydrogens (primary N) is 1. The molecule has 0 bridgehead atoms. The summed E-state index contributed by atoms with van der Waals surface area (Å²) in [6, 6.07) is 5.19. The number of nitrogen functional groups attached to an aromatic ring is 1. The Morgan fingerprint density at radius 2 is 1.89 bits per heavy atom. The van der Waals surface area contributed by atoms with Crippen molar-refractivity contribution in [1.82, 2.24) is 4.90 Å². The van der Waals surface area contributed by atoms with Crippen LogP contribution < -0.4 is 10.5 Å². The van der Waals surface area contributed by atoms with Crippen molar-refractivity contribution in [2.24, 2.45) is 0 Å². The van der Waals surface area contributed by atoms with E-state index in [1.807, 2.05) is 4.90 Å². The van der Waals surface area contributed by atoms with Crippen molar-refractivity contribution in [1.29, 1.82) is 0 Å². The van der Waals surface area contributed by atoms with Crippen molar-refractivity contribution < 1.29 is 9.53 Å². The maximum atomic E-state index is 12.4. The van der Waals surface area contributed by atoms with Crippen LogP contribution in [0.3, 0.4) is 0 Å². The third-order valence-corrected chi connectivity index (χ3v) is 3.35. The van der Waals surface area contributed by atoms with Gasteiger partial charge >= 0.3 is 0 Å². The highest BCUT2D eigenvalue weighted by atomic mass is 16.5. The predicted octanol–water partition coefficient (Wildman–Crippen LogP) is 2.29. The summed E-state index contributed by atoms with van der Waals surface area (Å²) in [7, 11) is 1.56. The van der Waals surface area contributed by atoms with Crippen LogP contribution in [0.15, 0.2) is 18.2 Å². The number of likely N-dealkylation sites (tertiary alicyclic amines) is 1. The molecule has 2 N–H and O–H groups in total. The van der Waals surface area contributed by atoms with Crippen molar-refractivity contribution in [2.45, 2.75) is 25.7 Å². The minimum Gasteiger partial charge on any atom is -0.496 e. The molecule has 4 nitrogen and oxygen atoms in total. The average Bonchev–Trinajstić information content (AvgIpc) is 2.66. The van der Waals surface area contributed by atoms with Gasteiger partial charge in [-0.25, -0.2) is 0 Å². The number of hydrogen-bond donors (Lipinski definition) is 1. The Bertz CT molecular complexity index is 424. The van der Waals surface area contributed by atoms with Crippen molar-refractivity contribution in [3.8, 4) is 5.75 Å². The Morgan fingerprint density at radius 3 is 2.50 bits per heavy atom. The molecule has 1 heterocycles. The molecule has 98 valence electrons.